The fourth-order valence-corrected chi connectivity index (χ4v) is 2.40. The number of rotatable bonds is 3. The highest BCUT2D eigenvalue weighted by molar-refractivity contribution is 7.92. The highest BCUT2D eigenvalue weighted by Gasteiger charge is 2.15. The van der Waals surface area contributed by atoms with Crippen molar-refractivity contribution < 1.29 is 17.2 Å². The van der Waals surface area contributed by atoms with Crippen LogP contribution in [0, 0.1) is 11.6 Å². The summed E-state index contributed by atoms with van der Waals surface area (Å²) >= 11 is 0. The second-order valence-corrected chi connectivity index (χ2v) is 5.33. The standard InChI is InChI=1S/C11H8F2N2O3S/c12-7-3-8(13)5-9(4-7)15-19(17,18)10-1-2-11(16)14-6-10/h1-6,15H,(H,14,16). The number of benzene rings is 1. The first-order valence-corrected chi connectivity index (χ1v) is 6.53. The normalized spacial score (nSPS) is 11.3. The summed E-state index contributed by atoms with van der Waals surface area (Å²) in [6.45, 7) is 0. The molecular weight excluding hydrogens is 278 g/mol. The van der Waals surface area contributed by atoms with Crippen LogP contribution in [0.4, 0.5) is 14.5 Å². The van der Waals surface area contributed by atoms with Gasteiger partial charge in [0.25, 0.3) is 10.0 Å². The Bertz CT molecular complexity index is 731. The largest absolute Gasteiger partial charge is 0.328 e. The van der Waals surface area contributed by atoms with Gasteiger partial charge in [-0.15, -0.1) is 0 Å². The maximum Gasteiger partial charge on any atom is 0.263 e. The van der Waals surface area contributed by atoms with E-state index in [1.807, 2.05) is 4.72 Å². The number of H-pyrrole nitrogens is 1. The predicted molar refractivity (Wildman–Crippen MR) is 64.2 cm³/mol. The van der Waals surface area contributed by atoms with E-state index in [-0.39, 0.29) is 10.6 Å². The molecule has 8 heteroatoms. The summed E-state index contributed by atoms with van der Waals surface area (Å²) < 4.78 is 51.6. The second kappa shape index (κ2) is 4.81. The van der Waals surface area contributed by atoms with Gasteiger partial charge < -0.3 is 4.98 Å². The minimum Gasteiger partial charge on any atom is -0.328 e. The Kier molecular flexibility index (Phi) is 3.34. The van der Waals surface area contributed by atoms with E-state index in [0.717, 1.165) is 30.5 Å². The topological polar surface area (TPSA) is 79.0 Å². The molecule has 0 radical (unpaired) electrons. The molecule has 1 aromatic heterocycles. The maximum absolute atomic E-state index is 12.9. The summed E-state index contributed by atoms with van der Waals surface area (Å²) in [4.78, 5) is 12.8. The minimum absolute atomic E-state index is 0.225. The first-order valence-electron chi connectivity index (χ1n) is 5.04. The predicted octanol–water partition coefficient (Wildman–Crippen LogP) is 1.45. The van der Waals surface area contributed by atoms with Crippen molar-refractivity contribution in [2.75, 3.05) is 4.72 Å². The molecule has 0 unspecified atom stereocenters. The van der Waals surface area contributed by atoms with Gasteiger partial charge in [-0.3, -0.25) is 9.52 Å². The highest BCUT2D eigenvalue weighted by atomic mass is 32.2. The van der Waals surface area contributed by atoms with Crippen LogP contribution >= 0.6 is 0 Å². The Labute approximate surface area is 107 Å². The van der Waals surface area contributed by atoms with Gasteiger partial charge in [-0.25, -0.2) is 17.2 Å². The van der Waals surface area contributed by atoms with Gasteiger partial charge in [-0.2, -0.15) is 0 Å². The molecule has 1 heterocycles. The summed E-state index contributed by atoms with van der Waals surface area (Å²) in [6, 6.07) is 4.41. The average Bonchev–Trinajstić information content (AvgIpc) is 2.27. The molecule has 0 aliphatic heterocycles. The molecule has 0 saturated carbocycles. The SMILES string of the molecule is O=c1ccc(S(=O)(=O)Nc2cc(F)cc(F)c2)c[nH]1. The van der Waals surface area contributed by atoms with E-state index < -0.39 is 27.2 Å². The van der Waals surface area contributed by atoms with E-state index in [1.54, 1.807) is 0 Å². The molecule has 2 N–H and O–H groups in total. The summed E-state index contributed by atoms with van der Waals surface area (Å²) in [5.74, 6) is -1.81. The maximum atomic E-state index is 12.9. The Morgan fingerprint density at radius 1 is 1.05 bits per heavy atom. The van der Waals surface area contributed by atoms with Crippen LogP contribution in [0.1, 0.15) is 0 Å². The molecule has 5 nitrogen and oxygen atoms in total. The van der Waals surface area contributed by atoms with Crippen LogP contribution in [-0.4, -0.2) is 13.4 Å². The lowest BCUT2D eigenvalue weighted by molar-refractivity contribution is 0.584. The molecular formula is C11H8F2N2O3S. The molecule has 0 bridgehead atoms. The van der Waals surface area contributed by atoms with Crippen molar-refractivity contribution in [1.82, 2.24) is 4.98 Å². The lowest BCUT2D eigenvalue weighted by Gasteiger charge is -2.07. The van der Waals surface area contributed by atoms with Gasteiger partial charge >= 0.3 is 0 Å². The Hall–Kier alpha value is -2.22. The van der Waals surface area contributed by atoms with Gasteiger partial charge in [0, 0.05) is 18.3 Å². The fraction of sp³-hybridized carbons (Fsp3) is 0. The van der Waals surface area contributed by atoms with Gasteiger partial charge in [-0.1, -0.05) is 0 Å². The quantitative estimate of drug-likeness (QED) is 0.896. The van der Waals surface area contributed by atoms with Crippen LogP contribution in [0.15, 0.2) is 46.2 Å². The number of aromatic amines is 1. The highest BCUT2D eigenvalue weighted by Crippen LogP contribution is 2.17. The molecule has 100 valence electrons. The Morgan fingerprint density at radius 3 is 2.21 bits per heavy atom. The molecule has 0 fully saturated rings. The smallest absolute Gasteiger partial charge is 0.263 e. The van der Waals surface area contributed by atoms with Crippen molar-refractivity contribution >= 4 is 15.7 Å². The number of pyridine rings is 1. The molecule has 0 atom stereocenters. The Balaban J connectivity index is 2.36. The van der Waals surface area contributed by atoms with Gasteiger partial charge in [0.15, 0.2) is 0 Å². The summed E-state index contributed by atoms with van der Waals surface area (Å²) in [5, 5.41) is 0. The Morgan fingerprint density at radius 2 is 1.68 bits per heavy atom. The molecule has 0 saturated heterocycles. The van der Waals surface area contributed by atoms with Gasteiger partial charge in [0.1, 0.15) is 16.5 Å². The number of hydrogen-bond acceptors (Lipinski definition) is 3. The molecule has 1 aromatic carbocycles. The molecule has 0 spiro atoms. The van der Waals surface area contributed by atoms with E-state index in [9.17, 15) is 22.0 Å². The van der Waals surface area contributed by atoms with E-state index >= 15 is 0 Å². The minimum atomic E-state index is -4.02. The molecule has 0 amide bonds. The van der Waals surface area contributed by atoms with E-state index in [4.69, 9.17) is 0 Å². The van der Waals surface area contributed by atoms with Crippen LogP contribution < -0.4 is 10.3 Å². The summed E-state index contributed by atoms with van der Waals surface area (Å²) in [5.41, 5.74) is -0.709. The fourth-order valence-electron chi connectivity index (χ4n) is 1.39. The van der Waals surface area contributed by atoms with E-state index in [1.165, 1.54) is 0 Å². The molecule has 2 aromatic rings. The summed E-state index contributed by atoms with van der Waals surface area (Å²) in [7, 11) is -4.02. The number of anilines is 1. The lowest BCUT2D eigenvalue weighted by Crippen LogP contribution is -2.15. The van der Waals surface area contributed by atoms with Crippen LogP contribution in [-0.2, 0) is 10.0 Å². The molecule has 2 rings (SSSR count). The number of aromatic nitrogens is 1. The first kappa shape index (κ1) is 13.2. The van der Waals surface area contributed by atoms with E-state index in [0.29, 0.717) is 6.07 Å². The number of nitrogens with one attached hydrogen (secondary N) is 2. The second-order valence-electron chi connectivity index (χ2n) is 3.65. The lowest BCUT2D eigenvalue weighted by atomic mass is 10.3. The number of sulfonamides is 1. The van der Waals surface area contributed by atoms with Crippen LogP contribution in [0.5, 0.6) is 0 Å². The van der Waals surface area contributed by atoms with Gasteiger partial charge in [0.05, 0.1) is 5.69 Å². The summed E-state index contributed by atoms with van der Waals surface area (Å²) in [6.07, 6.45) is 0.986. The van der Waals surface area contributed by atoms with Crippen molar-refractivity contribution in [3.8, 4) is 0 Å². The van der Waals surface area contributed by atoms with Gasteiger partial charge in [-0.05, 0) is 18.2 Å². The van der Waals surface area contributed by atoms with Crippen LogP contribution in [0.2, 0.25) is 0 Å². The van der Waals surface area contributed by atoms with E-state index in [2.05, 4.69) is 4.98 Å². The average molecular weight is 286 g/mol. The molecule has 0 aliphatic carbocycles. The van der Waals surface area contributed by atoms with Crippen LogP contribution in [0.3, 0.4) is 0 Å². The van der Waals surface area contributed by atoms with Crippen molar-refractivity contribution in [2.24, 2.45) is 0 Å². The zero-order chi connectivity index (χ0) is 14.0. The molecule has 0 aliphatic rings. The number of hydrogen-bond donors (Lipinski definition) is 2. The van der Waals surface area contributed by atoms with Crippen molar-refractivity contribution in [3.05, 3.63) is 58.5 Å². The zero-order valence-corrected chi connectivity index (χ0v) is 10.2. The third kappa shape index (κ3) is 3.16. The van der Waals surface area contributed by atoms with Crippen molar-refractivity contribution in [2.45, 2.75) is 4.90 Å². The molecule has 19 heavy (non-hydrogen) atoms. The third-order valence-electron chi connectivity index (χ3n) is 2.18. The third-order valence-corrected chi connectivity index (χ3v) is 3.56. The number of halogens is 2. The van der Waals surface area contributed by atoms with Crippen molar-refractivity contribution in [3.63, 3.8) is 0 Å². The van der Waals surface area contributed by atoms with Gasteiger partial charge in [0.2, 0.25) is 5.56 Å². The zero-order valence-electron chi connectivity index (χ0n) is 9.35. The van der Waals surface area contributed by atoms with Crippen molar-refractivity contribution in [1.29, 1.82) is 0 Å². The monoisotopic (exact) mass is 286 g/mol. The first-order chi connectivity index (χ1) is 8.87. The van der Waals surface area contributed by atoms with Crippen LogP contribution in [0.25, 0.3) is 0 Å².